The van der Waals surface area contributed by atoms with E-state index in [1.165, 1.54) is 12.1 Å². The van der Waals surface area contributed by atoms with Crippen molar-refractivity contribution in [2.24, 2.45) is 0 Å². The first-order valence-electron chi connectivity index (χ1n) is 12.0. The number of hydrogen-bond acceptors (Lipinski definition) is 7. The van der Waals surface area contributed by atoms with Gasteiger partial charge >= 0.3 is 0 Å². The van der Waals surface area contributed by atoms with Gasteiger partial charge in [-0.3, -0.25) is 4.90 Å². The smallest absolute Gasteiger partial charge is 0.148 e. The van der Waals surface area contributed by atoms with E-state index in [0.29, 0.717) is 0 Å². The number of rotatable bonds is 6. The van der Waals surface area contributed by atoms with Gasteiger partial charge in [-0.1, -0.05) is 19.1 Å². The van der Waals surface area contributed by atoms with E-state index >= 15 is 0 Å². The van der Waals surface area contributed by atoms with Crippen molar-refractivity contribution in [2.75, 3.05) is 100 Å². The van der Waals surface area contributed by atoms with Crippen LogP contribution in [0.25, 0.3) is 0 Å². The summed E-state index contributed by atoms with van der Waals surface area (Å²) in [7, 11) is 1.71. The largest absolute Gasteiger partial charge is 0.395 e. The Morgan fingerprint density at radius 3 is 1.59 bits per heavy atom. The molecule has 0 aromatic heterocycles. The Labute approximate surface area is 201 Å². The van der Waals surface area contributed by atoms with Gasteiger partial charge < -0.3 is 30.9 Å². The Bertz CT molecular complexity index is 899. The molecule has 0 spiro atoms. The van der Waals surface area contributed by atoms with Crippen LogP contribution in [0.4, 0.5) is 31.5 Å². The van der Waals surface area contributed by atoms with Gasteiger partial charge in [-0.05, 0) is 30.8 Å². The number of halogens is 2. The molecule has 4 rings (SSSR count). The fourth-order valence-electron chi connectivity index (χ4n) is 4.34. The molecule has 4 N–H and O–H groups in total. The minimum Gasteiger partial charge on any atom is -0.395 e. The highest BCUT2D eigenvalue weighted by Gasteiger charge is 2.20. The summed E-state index contributed by atoms with van der Waals surface area (Å²) < 4.78 is 31.8. The Morgan fingerprint density at radius 2 is 1.18 bits per heavy atom. The summed E-state index contributed by atoms with van der Waals surface area (Å²) in [6, 6.07) is 9.99. The molecule has 7 nitrogen and oxygen atoms in total. The number of likely N-dealkylation sites (N-methyl/N-ethyl adjacent to an activating group) is 1. The molecule has 188 valence electrons. The SMILES string of the molecule is CCN1CCN(c2cccc(F)c2N)CC1.COCCN1CCN(c2cccc(F)c2N)CC1. The quantitative estimate of drug-likeness (QED) is 0.621. The summed E-state index contributed by atoms with van der Waals surface area (Å²) in [5.74, 6) is -0.662. The minimum atomic E-state index is -0.339. The summed E-state index contributed by atoms with van der Waals surface area (Å²) in [6.45, 7) is 12.5. The Kier molecular flexibility index (Phi) is 9.74. The lowest BCUT2D eigenvalue weighted by molar-refractivity contribution is 0.144. The van der Waals surface area contributed by atoms with Crippen LogP contribution in [0.5, 0.6) is 0 Å². The molecule has 2 aliphatic rings. The van der Waals surface area contributed by atoms with E-state index in [9.17, 15) is 8.78 Å². The Balaban J connectivity index is 0.000000192. The van der Waals surface area contributed by atoms with Gasteiger partial charge in [0.25, 0.3) is 0 Å². The van der Waals surface area contributed by atoms with E-state index in [4.69, 9.17) is 16.2 Å². The molecule has 2 aliphatic heterocycles. The second-order valence-electron chi connectivity index (χ2n) is 8.59. The van der Waals surface area contributed by atoms with E-state index in [1.54, 1.807) is 19.2 Å². The predicted octanol–water partition coefficient (Wildman–Crippen LogP) is 2.73. The van der Waals surface area contributed by atoms with Crippen LogP contribution in [0, 0.1) is 11.6 Å². The lowest BCUT2D eigenvalue weighted by Gasteiger charge is -2.36. The van der Waals surface area contributed by atoms with E-state index in [0.717, 1.165) is 83.4 Å². The minimum absolute atomic E-state index is 0.253. The molecule has 0 amide bonds. The molecule has 2 saturated heterocycles. The second-order valence-corrected chi connectivity index (χ2v) is 8.59. The van der Waals surface area contributed by atoms with E-state index < -0.39 is 0 Å². The third-order valence-electron chi connectivity index (χ3n) is 6.54. The highest BCUT2D eigenvalue weighted by atomic mass is 19.1. The molecule has 34 heavy (non-hydrogen) atoms. The number of methoxy groups -OCH3 is 1. The van der Waals surface area contributed by atoms with Crippen molar-refractivity contribution >= 4 is 22.7 Å². The maximum Gasteiger partial charge on any atom is 0.148 e. The number of piperazine rings is 2. The van der Waals surface area contributed by atoms with Crippen LogP contribution in [0.15, 0.2) is 36.4 Å². The lowest BCUT2D eigenvalue weighted by Crippen LogP contribution is -2.47. The fraction of sp³-hybridized carbons (Fsp3) is 0.520. The van der Waals surface area contributed by atoms with Crippen LogP contribution in [0.2, 0.25) is 0 Å². The molecule has 0 atom stereocenters. The van der Waals surface area contributed by atoms with Crippen LogP contribution in [0.3, 0.4) is 0 Å². The van der Waals surface area contributed by atoms with Crippen molar-refractivity contribution in [3.8, 4) is 0 Å². The standard InChI is InChI=1S/C13H20FN3O.C12H18FN3/c1-18-10-9-16-5-7-17(8-6-16)12-4-2-3-11(14)13(12)15;1-2-15-6-8-16(9-7-15)11-5-3-4-10(13)12(11)14/h2-4H,5-10,15H2,1H3;3-5H,2,6-9,14H2,1H3. The molecule has 2 aromatic rings. The summed E-state index contributed by atoms with van der Waals surface area (Å²) in [5.41, 5.74) is 13.7. The molecule has 0 radical (unpaired) electrons. The third kappa shape index (κ3) is 6.71. The summed E-state index contributed by atoms with van der Waals surface area (Å²) in [5, 5.41) is 0. The van der Waals surface area contributed by atoms with E-state index in [-0.39, 0.29) is 23.0 Å². The second kappa shape index (κ2) is 12.7. The summed E-state index contributed by atoms with van der Waals surface area (Å²) in [6.07, 6.45) is 0. The fourth-order valence-corrected chi connectivity index (χ4v) is 4.34. The summed E-state index contributed by atoms with van der Waals surface area (Å²) in [4.78, 5) is 9.02. The van der Waals surface area contributed by atoms with E-state index in [2.05, 4.69) is 26.5 Å². The van der Waals surface area contributed by atoms with Gasteiger partial charge in [0, 0.05) is 66.0 Å². The average Bonchev–Trinajstić information content (AvgIpc) is 2.87. The zero-order valence-corrected chi connectivity index (χ0v) is 20.4. The van der Waals surface area contributed by atoms with Crippen molar-refractivity contribution in [3.05, 3.63) is 48.0 Å². The number of nitrogens with two attached hydrogens (primary N) is 2. The van der Waals surface area contributed by atoms with Gasteiger partial charge in [0.2, 0.25) is 0 Å². The van der Waals surface area contributed by atoms with Crippen LogP contribution in [-0.2, 0) is 4.74 Å². The number of para-hydroxylation sites is 2. The van der Waals surface area contributed by atoms with Crippen LogP contribution in [0.1, 0.15) is 6.92 Å². The van der Waals surface area contributed by atoms with Crippen LogP contribution >= 0.6 is 0 Å². The first-order valence-corrected chi connectivity index (χ1v) is 12.0. The highest BCUT2D eigenvalue weighted by molar-refractivity contribution is 5.69. The van der Waals surface area contributed by atoms with Gasteiger partial charge in [0.1, 0.15) is 11.6 Å². The van der Waals surface area contributed by atoms with Gasteiger partial charge in [0.15, 0.2) is 0 Å². The van der Waals surface area contributed by atoms with Crippen LogP contribution < -0.4 is 21.3 Å². The van der Waals surface area contributed by atoms with Crippen molar-refractivity contribution in [1.29, 1.82) is 0 Å². The van der Waals surface area contributed by atoms with Gasteiger partial charge in [-0.2, -0.15) is 0 Å². The molecular weight excluding hydrogens is 438 g/mol. The first-order chi connectivity index (χ1) is 16.4. The number of ether oxygens (including phenoxy) is 1. The molecule has 2 aromatic carbocycles. The first kappa shape index (κ1) is 26.0. The monoisotopic (exact) mass is 476 g/mol. The molecule has 0 aliphatic carbocycles. The van der Waals surface area contributed by atoms with E-state index in [1.807, 2.05) is 12.1 Å². The van der Waals surface area contributed by atoms with Crippen molar-refractivity contribution in [1.82, 2.24) is 9.80 Å². The number of nitrogens with zero attached hydrogens (tertiary/aromatic N) is 4. The zero-order valence-electron chi connectivity index (χ0n) is 20.4. The van der Waals surface area contributed by atoms with Crippen LogP contribution in [-0.4, -0.2) is 89.0 Å². The topological polar surface area (TPSA) is 74.2 Å². The molecule has 0 unspecified atom stereocenters. The number of nitrogen functional groups attached to an aromatic ring is 2. The van der Waals surface area contributed by atoms with Gasteiger partial charge in [0.05, 0.1) is 29.4 Å². The average molecular weight is 477 g/mol. The summed E-state index contributed by atoms with van der Waals surface area (Å²) >= 11 is 0. The Morgan fingerprint density at radius 1 is 0.735 bits per heavy atom. The van der Waals surface area contributed by atoms with Gasteiger partial charge in [-0.15, -0.1) is 0 Å². The number of anilines is 4. The molecule has 2 fully saturated rings. The maximum absolute atomic E-state index is 13.4. The predicted molar refractivity (Wildman–Crippen MR) is 136 cm³/mol. The lowest BCUT2D eigenvalue weighted by atomic mass is 10.2. The molecule has 0 saturated carbocycles. The highest BCUT2D eigenvalue weighted by Crippen LogP contribution is 2.27. The van der Waals surface area contributed by atoms with Crippen molar-refractivity contribution in [3.63, 3.8) is 0 Å². The van der Waals surface area contributed by atoms with Gasteiger partial charge in [-0.25, -0.2) is 8.78 Å². The van der Waals surface area contributed by atoms with Crippen molar-refractivity contribution in [2.45, 2.75) is 6.92 Å². The number of benzene rings is 2. The normalized spacial score (nSPS) is 17.4. The number of hydrogen-bond donors (Lipinski definition) is 2. The molecule has 2 heterocycles. The molecule has 0 bridgehead atoms. The maximum atomic E-state index is 13.4. The molecular formula is C25H38F2N6O. The molecule has 9 heteroatoms. The zero-order chi connectivity index (χ0) is 24.5. The van der Waals surface area contributed by atoms with Crippen molar-refractivity contribution < 1.29 is 13.5 Å². The third-order valence-corrected chi connectivity index (χ3v) is 6.54. The Hall–Kier alpha value is -2.62.